The van der Waals surface area contributed by atoms with Gasteiger partial charge in [-0.25, -0.2) is 4.68 Å². The van der Waals surface area contributed by atoms with Gasteiger partial charge in [-0.3, -0.25) is 14.4 Å². The van der Waals surface area contributed by atoms with Gasteiger partial charge in [0.05, 0.1) is 49.9 Å². The molecule has 0 atom stereocenters. The van der Waals surface area contributed by atoms with E-state index >= 15 is 0 Å². The van der Waals surface area contributed by atoms with Gasteiger partial charge in [0, 0.05) is 49.6 Å². The fraction of sp³-hybridized carbons (Fsp3) is 0.528. The van der Waals surface area contributed by atoms with Crippen LogP contribution < -0.4 is 10.2 Å². The highest BCUT2D eigenvalue weighted by Gasteiger charge is 2.29. The third kappa shape index (κ3) is 9.56. The van der Waals surface area contributed by atoms with E-state index in [1.807, 2.05) is 80.9 Å². The predicted octanol–water partition coefficient (Wildman–Crippen LogP) is 5.21. The molecule has 0 unspecified atom stereocenters. The summed E-state index contributed by atoms with van der Waals surface area (Å²) in [4.78, 5) is 40.2. The molecule has 2 amide bonds. The first-order valence-electron chi connectivity index (χ1n) is 16.3. The van der Waals surface area contributed by atoms with Crippen molar-refractivity contribution in [2.24, 2.45) is 5.41 Å². The van der Waals surface area contributed by atoms with E-state index in [4.69, 9.17) is 14.2 Å². The van der Waals surface area contributed by atoms with Crippen LogP contribution in [0.2, 0.25) is 0 Å². The first-order valence-corrected chi connectivity index (χ1v) is 16.3. The smallest absolute Gasteiger partial charge is 0.227 e. The van der Waals surface area contributed by atoms with Crippen LogP contribution in [0, 0.1) is 5.41 Å². The van der Waals surface area contributed by atoms with Crippen LogP contribution in [-0.2, 0) is 41.7 Å². The molecule has 2 heterocycles. The van der Waals surface area contributed by atoms with Crippen molar-refractivity contribution >= 4 is 23.3 Å². The molecule has 254 valence electrons. The standard InChI is InChI=1S/C36H49N5O6/c1-26(42)35(2,3)18-21-47-36(4,5)17-19-37-31(43)15-16-32(44)40-25-27-11-7-8-12-28(27)34-33(29-13-9-10-14-30(29)40)38-39-41(34)20-22-46-24-23-45-6/h7-14H,15-25H2,1-6H3,(H,37,43). The predicted molar refractivity (Wildman–Crippen MR) is 181 cm³/mol. The molecule has 0 fully saturated rings. The summed E-state index contributed by atoms with van der Waals surface area (Å²) in [6.45, 7) is 12.6. The van der Waals surface area contributed by atoms with E-state index in [2.05, 4.69) is 15.6 Å². The van der Waals surface area contributed by atoms with E-state index < -0.39 is 11.0 Å². The fourth-order valence-corrected chi connectivity index (χ4v) is 5.37. The Balaban J connectivity index is 1.41. The molecule has 1 aliphatic rings. The molecule has 0 aliphatic carbocycles. The lowest BCUT2D eigenvalue weighted by Gasteiger charge is -2.29. The van der Waals surface area contributed by atoms with Gasteiger partial charge in [-0.1, -0.05) is 61.5 Å². The number of Topliss-reactive ketones (excluding diaryl/α,β-unsaturated/α-hetero) is 1. The number of amides is 2. The quantitative estimate of drug-likeness (QED) is 0.198. The van der Waals surface area contributed by atoms with Gasteiger partial charge < -0.3 is 24.4 Å². The van der Waals surface area contributed by atoms with Crippen molar-refractivity contribution in [3.63, 3.8) is 0 Å². The number of para-hydroxylation sites is 1. The van der Waals surface area contributed by atoms with Gasteiger partial charge in [0.25, 0.3) is 0 Å². The van der Waals surface area contributed by atoms with Crippen LogP contribution >= 0.6 is 0 Å². The maximum atomic E-state index is 13.8. The summed E-state index contributed by atoms with van der Waals surface area (Å²) in [7, 11) is 1.64. The van der Waals surface area contributed by atoms with Crippen LogP contribution in [0.15, 0.2) is 48.5 Å². The summed E-state index contributed by atoms with van der Waals surface area (Å²) in [5.74, 6) is -0.204. The molecule has 3 aromatic rings. The Kier molecular flexibility index (Phi) is 12.4. The number of rotatable bonds is 17. The molecule has 0 radical (unpaired) electrons. The zero-order valence-electron chi connectivity index (χ0n) is 28.6. The lowest BCUT2D eigenvalue weighted by atomic mass is 9.86. The van der Waals surface area contributed by atoms with Crippen molar-refractivity contribution in [2.45, 2.75) is 79.0 Å². The molecular formula is C36H49N5O6. The molecule has 11 nitrogen and oxygen atoms in total. The van der Waals surface area contributed by atoms with Crippen LogP contribution in [0.25, 0.3) is 22.5 Å². The van der Waals surface area contributed by atoms with E-state index in [1.54, 1.807) is 18.9 Å². The van der Waals surface area contributed by atoms with E-state index in [1.165, 1.54) is 0 Å². The molecule has 0 spiro atoms. The highest BCUT2D eigenvalue weighted by atomic mass is 16.5. The highest BCUT2D eigenvalue weighted by Crippen LogP contribution is 2.41. The molecule has 11 heteroatoms. The number of ketones is 1. The molecule has 1 aliphatic heterocycles. The third-order valence-corrected chi connectivity index (χ3v) is 8.75. The number of benzene rings is 2. The van der Waals surface area contributed by atoms with Gasteiger partial charge in [-0.2, -0.15) is 0 Å². The zero-order chi connectivity index (χ0) is 34.0. The summed E-state index contributed by atoms with van der Waals surface area (Å²) in [5, 5.41) is 12.0. The lowest BCUT2D eigenvalue weighted by Crippen LogP contribution is -2.35. The first kappa shape index (κ1) is 35.9. The van der Waals surface area contributed by atoms with Crippen molar-refractivity contribution in [2.75, 3.05) is 45.0 Å². The monoisotopic (exact) mass is 647 g/mol. The average Bonchev–Trinajstić information content (AvgIpc) is 3.44. The summed E-state index contributed by atoms with van der Waals surface area (Å²) in [6.07, 6.45) is 1.36. The molecule has 1 N–H and O–H groups in total. The van der Waals surface area contributed by atoms with Crippen molar-refractivity contribution in [3.05, 3.63) is 54.1 Å². The zero-order valence-corrected chi connectivity index (χ0v) is 28.6. The molecule has 0 bridgehead atoms. The number of aromatic nitrogens is 3. The average molecular weight is 648 g/mol. The molecule has 0 saturated heterocycles. The van der Waals surface area contributed by atoms with Crippen molar-refractivity contribution in [3.8, 4) is 22.5 Å². The fourth-order valence-electron chi connectivity index (χ4n) is 5.37. The largest absolute Gasteiger partial charge is 0.382 e. The Hall–Kier alpha value is -3.93. The number of anilines is 1. The molecule has 4 rings (SSSR count). The van der Waals surface area contributed by atoms with Crippen molar-refractivity contribution in [1.29, 1.82) is 0 Å². The number of hydrogen-bond donors (Lipinski definition) is 1. The first-order chi connectivity index (χ1) is 22.4. The number of fused-ring (bicyclic) bond motifs is 5. The number of nitrogens with one attached hydrogen (secondary N) is 1. The lowest BCUT2D eigenvalue weighted by molar-refractivity contribution is -0.127. The molecule has 47 heavy (non-hydrogen) atoms. The molecule has 2 aromatic carbocycles. The number of carbonyl (C=O) groups is 3. The van der Waals surface area contributed by atoms with Crippen molar-refractivity contribution < 1.29 is 28.6 Å². The Morgan fingerprint density at radius 2 is 1.62 bits per heavy atom. The SMILES string of the molecule is COCCOCCn1nnc2c1-c1ccccc1CN(C(=O)CCC(=O)NCCC(C)(C)OCCC(C)(C)C(C)=O)c1ccccc1-2. The topological polar surface area (TPSA) is 125 Å². The Labute approximate surface area is 277 Å². The van der Waals surface area contributed by atoms with Gasteiger partial charge in [0.15, 0.2) is 0 Å². The van der Waals surface area contributed by atoms with Crippen LogP contribution in [0.1, 0.15) is 65.9 Å². The molecular weight excluding hydrogens is 598 g/mol. The Morgan fingerprint density at radius 3 is 2.36 bits per heavy atom. The van der Waals surface area contributed by atoms with E-state index in [0.29, 0.717) is 64.6 Å². The second kappa shape index (κ2) is 16.3. The van der Waals surface area contributed by atoms with Gasteiger partial charge in [0.1, 0.15) is 11.5 Å². The van der Waals surface area contributed by atoms with Crippen LogP contribution in [0.4, 0.5) is 5.69 Å². The minimum Gasteiger partial charge on any atom is -0.382 e. The van der Waals surface area contributed by atoms with Crippen molar-refractivity contribution in [1.82, 2.24) is 20.3 Å². The van der Waals surface area contributed by atoms with Crippen LogP contribution in [0.5, 0.6) is 0 Å². The molecule has 1 aromatic heterocycles. The maximum absolute atomic E-state index is 13.8. The summed E-state index contributed by atoms with van der Waals surface area (Å²) in [6, 6.07) is 15.7. The van der Waals surface area contributed by atoms with Crippen LogP contribution in [-0.4, -0.2) is 78.3 Å². The number of ether oxygens (including phenoxy) is 3. The Bertz CT molecular complexity index is 1530. The number of nitrogens with zero attached hydrogens (tertiary/aromatic N) is 4. The van der Waals surface area contributed by atoms with E-state index in [-0.39, 0.29) is 30.4 Å². The number of methoxy groups -OCH3 is 1. The van der Waals surface area contributed by atoms with Gasteiger partial charge >= 0.3 is 0 Å². The van der Waals surface area contributed by atoms with Gasteiger partial charge in [0.2, 0.25) is 11.8 Å². The van der Waals surface area contributed by atoms with E-state index in [0.717, 1.165) is 28.1 Å². The normalized spacial score (nSPS) is 12.9. The Morgan fingerprint density at radius 1 is 0.894 bits per heavy atom. The summed E-state index contributed by atoms with van der Waals surface area (Å²) < 4.78 is 18.7. The third-order valence-electron chi connectivity index (χ3n) is 8.75. The second-order valence-corrected chi connectivity index (χ2v) is 13.2. The van der Waals surface area contributed by atoms with Crippen LogP contribution in [0.3, 0.4) is 0 Å². The van der Waals surface area contributed by atoms with E-state index in [9.17, 15) is 14.4 Å². The number of carbonyl (C=O) groups excluding carboxylic acids is 3. The van der Waals surface area contributed by atoms with Gasteiger partial charge in [-0.05, 0) is 45.2 Å². The summed E-state index contributed by atoms with van der Waals surface area (Å²) >= 11 is 0. The molecule has 0 saturated carbocycles. The second-order valence-electron chi connectivity index (χ2n) is 13.2. The minimum atomic E-state index is -0.463. The number of hydrogen-bond acceptors (Lipinski definition) is 8. The highest BCUT2D eigenvalue weighted by molar-refractivity contribution is 6.01. The van der Waals surface area contributed by atoms with Gasteiger partial charge in [-0.15, -0.1) is 5.10 Å². The maximum Gasteiger partial charge on any atom is 0.227 e. The summed E-state index contributed by atoms with van der Waals surface area (Å²) in [5.41, 5.74) is 4.11. The minimum absolute atomic E-state index is 0.0563.